The van der Waals surface area contributed by atoms with E-state index in [0.29, 0.717) is 12.3 Å². The van der Waals surface area contributed by atoms with E-state index in [2.05, 4.69) is 13.5 Å². The second-order valence-electron chi connectivity index (χ2n) is 6.16. The molecular formula is C17H26O3. The molecule has 1 saturated heterocycles. The molecule has 0 aromatic carbocycles. The van der Waals surface area contributed by atoms with E-state index in [1.54, 1.807) is 19.9 Å². The fourth-order valence-electron chi connectivity index (χ4n) is 2.43. The molecule has 0 radical (unpaired) electrons. The molecule has 0 bridgehead atoms. The average Bonchev–Trinajstić information content (AvgIpc) is 2.94. The van der Waals surface area contributed by atoms with Gasteiger partial charge in [-0.1, -0.05) is 18.2 Å². The summed E-state index contributed by atoms with van der Waals surface area (Å²) in [6.07, 6.45) is 6.80. The number of carbonyl (C=O) groups is 2. The van der Waals surface area contributed by atoms with Crippen molar-refractivity contribution in [2.75, 3.05) is 0 Å². The smallest absolute Gasteiger partial charge is 0.152 e. The molecule has 0 aromatic rings. The average molecular weight is 278 g/mol. The van der Waals surface area contributed by atoms with Gasteiger partial charge in [-0.15, -0.1) is 0 Å². The van der Waals surface area contributed by atoms with Gasteiger partial charge in [0.15, 0.2) is 5.78 Å². The quantitative estimate of drug-likeness (QED) is 0.367. The number of Topliss-reactive ketones (excluding diaryl/α,β-unsaturated/α-hetero) is 1. The zero-order valence-corrected chi connectivity index (χ0v) is 13.1. The van der Waals surface area contributed by atoms with Crippen LogP contribution in [0.4, 0.5) is 0 Å². The summed E-state index contributed by atoms with van der Waals surface area (Å²) in [5.41, 5.74) is 0.957. The van der Waals surface area contributed by atoms with E-state index in [9.17, 15) is 9.59 Å². The number of rotatable bonds is 9. The molecular weight excluding hydrogens is 252 g/mol. The van der Waals surface area contributed by atoms with Gasteiger partial charge >= 0.3 is 0 Å². The Labute approximate surface area is 122 Å². The van der Waals surface area contributed by atoms with Gasteiger partial charge in [0.25, 0.3) is 0 Å². The summed E-state index contributed by atoms with van der Waals surface area (Å²) in [6.45, 7) is 11.3. The second kappa shape index (κ2) is 6.98. The Balaban J connectivity index is 2.45. The molecule has 112 valence electrons. The molecule has 1 fully saturated rings. The van der Waals surface area contributed by atoms with Gasteiger partial charge < -0.3 is 9.53 Å². The zero-order chi connectivity index (χ0) is 15.3. The first-order valence-corrected chi connectivity index (χ1v) is 7.24. The second-order valence-corrected chi connectivity index (χ2v) is 6.16. The first kappa shape index (κ1) is 16.8. The largest absolute Gasteiger partial charge is 0.366 e. The van der Waals surface area contributed by atoms with E-state index < -0.39 is 0 Å². The lowest BCUT2D eigenvalue weighted by atomic mass is 9.87. The Hall–Kier alpha value is -1.22. The van der Waals surface area contributed by atoms with Crippen molar-refractivity contribution in [2.45, 2.75) is 65.1 Å². The molecule has 3 unspecified atom stereocenters. The maximum atomic E-state index is 11.1. The van der Waals surface area contributed by atoms with Gasteiger partial charge in [-0.05, 0) is 59.0 Å². The van der Waals surface area contributed by atoms with Crippen LogP contribution in [-0.2, 0) is 14.3 Å². The SMILES string of the molecule is C=C(C)C(CCC(C)=O)CC1OC1(C)CC=CC(C)=O. The van der Waals surface area contributed by atoms with E-state index in [4.69, 9.17) is 4.74 Å². The third-order valence-electron chi connectivity index (χ3n) is 3.95. The van der Waals surface area contributed by atoms with Crippen LogP contribution in [-0.4, -0.2) is 23.3 Å². The molecule has 0 N–H and O–H groups in total. The van der Waals surface area contributed by atoms with E-state index in [1.165, 1.54) is 0 Å². The van der Waals surface area contributed by atoms with Gasteiger partial charge in [0, 0.05) is 6.42 Å². The lowest BCUT2D eigenvalue weighted by Crippen LogP contribution is -2.14. The molecule has 0 aromatic heterocycles. The molecule has 3 atom stereocenters. The minimum Gasteiger partial charge on any atom is -0.366 e. The van der Waals surface area contributed by atoms with Crippen LogP contribution in [0.3, 0.4) is 0 Å². The molecule has 3 nitrogen and oxygen atoms in total. The highest BCUT2D eigenvalue weighted by molar-refractivity contribution is 5.87. The first-order valence-electron chi connectivity index (χ1n) is 7.24. The third kappa shape index (κ3) is 5.41. The molecule has 1 heterocycles. The van der Waals surface area contributed by atoms with Gasteiger partial charge in [-0.25, -0.2) is 0 Å². The van der Waals surface area contributed by atoms with E-state index in [1.807, 2.05) is 13.0 Å². The van der Waals surface area contributed by atoms with Crippen LogP contribution in [0.15, 0.2) is 24.3 Å². The Kier molecular flexibility index (Phi) is 5.88. The van der Waals surface area contributed by atoms with Crippen LogP contribution < -0.4 is 0 Å². The topological polar surface area (TPSA) is 46.7 Å². The van der Waals surface area contributed by atoms with Gasteiger partial charge in [0.1, 0.15) is 5.78 Å². The fraction of sp³-hybridized carbons (Fsp3) is 0.647. The van der Waals surface area contributed by atoms with Crippen LogP contribution in [0.1, 0.15) is 53.4 Å². The summed E-state index contributed by atoms with van der Waals surface area (Å²) in [7, 11) is 0. The predicted molar refractivity (Wildman–Crippen MR) is 80.6 cm³/mol. The summed E-state index contributed by atoms with van der Waals surface area (Å²) in [5.74, 6) is 0.620. The van der Waals surface area contributed by atoms with Gasteiger partial charge in [-0.3, -0.25) is 4.79 Å². The summed E-state index contributed by atoms with van der Waals surface area (Å²) in [6, 6.07) is 0. The van der Waals surface area contributed by atoms with Crippen LogP contribution in [0.2, 0.25) is 0 Å². The zero-order valence-electron chi connectivity index (χ0n) is 13.1. The highest BCUT2D eigenvalue weighted by Crippen LogP contribution is 2.44. The number of ketones is 2. The molecule has 0 spiro atoms. The fourth-order valence-corrected chi connectivity index (χ4v) is 2.43. The number of carbonyl (C=O) groups excluding carboxylic acids is 2. The molecule has 0 saturated carbocycles. The van der Waals surface area contributed by atoms with E-state index in [-0.39, 0.29) is 23.3 Å². The van der Waals surface area contributed by atoms with Gasteiger partial charge in [0.05, 0.1) is 11.7 Å². The molecule has 1 aliphatic heterocycles. The minimum absolute atomic E-state index is 0.0621. The number of epoxide rings is 1. The van der Waals surface area contributed by atoms with E-state index in [0.717, 1.165) is 24.8 Å². The van der Waals surface area contributed by atoms with Crippen LogP contribution in [0.25, 0.3) is 0 Å². The van der Waals surface area contributed by atoms with Crippen LogP contribution in [0, 0.1) is 5.92 Å². The van der Waals surface area contributed by atoms with Crippen LogP contribution in [0.5, 0.6) is 0 Å². The number of allylic oxidation sites excluding steroid dienone is 2. The summed E-state index contributed by atoms with van der Waals surface area (Å²) in [4.78, 5) is 22.0. The maximum Gasteiger partial charge on any atom is 0.152 e. The van der Waals surface area contributed by atoms with Crippen molar-refractivity contribution >= 4 is 11.6 Å². The molecule has 0 aliphatic carbocycles. The summed E-state index contributed by atoms with van der Waals surface area (Å²) >= 11 is 0. The molecule has 0 amide bonds. The Bertz CT molecular complexity index is 422. The maximum absolute atomic E-state index is 11.1. The highest BCUT2D eigenvalue weighted by atomic mass is 16.6. The lowest BCUT2D eigenvalue weighted by Gasteiger charge is -2.15. The standard InChI is InChI=1S/C17H26O3/c1-12(2)15(9-8-14(4)19)11-16-17(5,20-16)10-6-7-13(3)18/h6-7,15-16H,1,8-11H2,2-5H3. The van der Waals surface area contributed by atoms with Gasteiger partial charge in [-0.2, -0.15) is 0 Å². The normalized spacial score (nSPS) is 26.5. The Morgan fingerprint density at radius 3 is 2.50 bits per heavy atom. The van der Waals surface area contributed by atoms with Crippen LogP contribution >= 0.6 is 0 Å². The molecule has 1 aliphatic rings. The Morgan fingerprint density at radius 2 is 2.00 bits per heavy atom. The van der Waals surface area contributed by atoms with Crippen molar-refractivity contribution in [1.29, 1.82) is 0 Å². The van der Waals surface area contributed by atoms with Crippen molar-refractivity contribution in [3.63, 3.8) is 0 Å². The number of hydrogen-bond acceptors (Lipinski definition) is 3. The predicted octanol–water partition coefficient (Wildman–Crippen LogP) is 3.63. The number of hydrogen-bond donors (Lipinski definition) is 0. The first-order chi connectivity index (χ1) is 9.24. The Morgan fingerprint density at radius 1 is 1.35 bits per heavy atom. The van der Waals surface area contributed by atoms with Crippen molar-refractivity contribution < 1.29 is 14.3 Å². The molecule has 3 heteroatoms. The molecule has 1 rings (SSSR count). The van der Waals surface area contributed by atoms with E-state index >= 15 is 0 Å². The number of ether oxygens (including phenoxy) is 1. The lowest BCUT2D eigenvalue weighted by molar-refractivity contribution is -0.117. The summed E-state index contributed by atoms with van der Waals surface area (Å²) < 4.78 is 5.79. The summed E-state index contributed by atoms with van der Waals surface area (Å²) in [5, 5.41) is 0. The van der Waals surface area contributed by atoms with Crippen molar-refractivity contribution in [2.24, 2.45) is 5.92 Å². The van der Waals surface area contributed by atoms with Crippen molar-refractivity contribution in [3.8, 4) is 0 Å². The molecule has 20 heavy (non-hydrogen) atoms. The minimum atomic E-state index is -0.157. The highest BCUT2D eigenvalue weighted by Gasteiger charge is 2.51. The monoisotopic (exact) mass is 278 g/mol. The van der Waals surface area contributed by atoms with Crippen molar-refractivity contribution in [1.82, 2.24) is 0 Å². The third-order valence-corrected chi connectivity index (χ3v) is 3.95. The van der Waals surface area contributed by atoms with Crippen molar-refractivity contribution in [3.05, 3.63) is 24.3 Å². The van der Waals surface area contributed by atoms with Gasteiger partial charge in [0.2, 0.25) is 0 Å².